The van der Waals surface area contributed by atoms with E-state index in [9.17, 15) is 28.2 Å². The quantitative estimate of drug-likeness (QED) is 0.394. The van der Waals surface area contributed by atoms with Crippen LogP contribution in [0.25, 0.3) is 10.9 Å². The van der Waals surface area contributed by atoms with Crippen molar-refractivity contribution >= 4 is 32.5 Å². The van der Waals surface area contributed by atoms with Crippen molar-refractivity contribution in [2.24, 2.45) is 0 Å². The highest BCUT2D eigenvalue weighted by atomic mass is 79.9. The van der Waals surface area contributed by atoms with E-state index in [1.807, 2.05) is 0 Å². The molecule has 0 amide bonds. The maximum absolute atomic E-state index is 14.2. The number of aliphatic hydroxyl groups is 1. The van der Waals surface area contributed by atoms with Crippen LogP contribution in [0.3, 0.4) is 0 Å². The van der Waals surface area contributed by atoms with E-state index >= 15 is 0 Å². The molecule has 5 nitrogen and oxygen atoms in total. The topological polar surface area (TPSA) is 85.4 Å². The minimum absolute atomic E-state index is 0.116. The van der Waals surface area contributed by atoms with Gasteiger partial charge in [-0.3, -0.25) is 4.79 Å². The molecule has 3 aromatic rings. The van der Waals surface area contributed by atoms with Gasteiger partial charge >= 0.3 is 6.18 Å². The summed E-state index contributed by atoms with van der Waals surface area (Å²) in [6.45, 7) is 1.72. The van der Waals surface area contributed by atoms with E-state index in [4.69, 9.17) is 0 Å². The molecular formula is C22H20BrF3N2O3. The minimum Gasteiger partial charge on any atom is -0.508 e. The zero-order valence-corrected chi connectivity index (χ0v) is 18.0. The SMILES string of the molecule is CC[C@@H]1C[C@@](O)(C(F)(F)F)[C@@H](Nc2cccc3[nH]c(=O)ccc23)c2cc(Br)cc(O)c21. The van der Waals surface area contributed by atoms with E-state index in [1.165, 1.54) is 24.3 Å². The number of hydrogen-bond donors (Lipinski definition) is 4. The Kier molecular flexibility index (Phi) is 5.29. The van der Waals surface area contributed by atoms with Crippen molar-refractivity contribution in [1.82, 2.24) is 4.98 Å². The van der Waals surface area contributed by atoms with Gasteiger partial charge in [0.1, 0.15) is 5.75 Å². The van der Waals surface area contributed by atoms with Gasteiger partial charge in [-0.1, -0.05) is 28.9 Å². The Hall–Kier alpha value is -2.52. The molecule has 31 heavy (non-hydrogen) atoms. The molecule has 9 heteroatoms. The maximum atomic E-state index is 14.2. The summed E-state index contributed by atoms with van der Waals surface area (Å²) in [5, 5.41) is 24.9. The van der Waals surface area contributed by atoms with Crippen molar-refractivity contribution in [3.63, 3.8) is 0 Å². The lowest BCUT2D eigenvalue weighted by Gasteiger charge is -2.46. The molecule has 0 bridgehead atoms. The van der Waals surface area contributed by atoms with Gasteiger partial charge in [0.2, 0.25) is 5.56 Å². The Morgan fingerprint density at radius 3 is 2.68 bits per heavy atom. The number of benzene rings is 2. The molecular weight excluding hydrogens is 477 g/mol. The summed E-state index contributed by atoms with van der Waals surface area (Å²) in [4.78, 5) is 14.3. The average Bonchev–Trinajstić information content (AvgIpc) is 2.68. The zero-order chi connectivity index (χ0) is 22.6. The van der Waals surface area contributed by atoms with Crippen LogP contribution in [0.4, 0.5) is 18.9 Å². The molecule has 3 atom stereocenters. The Morgan fingerprint density at radius 1 is 1.26 bits per heavy atom. The van der Waals surface area contributed by atoms with Gasteiger partial charge in [0.15, 0.2) is 5.60 Å². The lowest BCUT2D eigenvalue weighted by atomic mass is 9.69. The predicted molar refractivity (Wildman–Crippen MR) is 115 cm³/mol. The standard InChI is InChI=1S/C22H20BrF3N2O3/c1-2-11-10-21(31,22(24,25)26)20(14-8-12(23)9-17(29)19(11)14)28-16-5-3-4-15-13(16)6-7-18(30)27-15/h3-9,11,20,28-29,31H,2,10H2,1H3,(H,27,30)/t11-,20+,21+/m1/s1. The first-order valence-electron chi connectivity index (χ1n) is 9.75. The number of aromatic amines is 1. The van der Waals surface area contributed by atoms with Crippen molar-refractivity contribution in [3.8, 4) is 5.75 Å². The summed E-state index contributed by atoms with van der Waals surface area (Å²) in [6, 6.07) is 8.99. The molecule has 0 saturated carbocycles. The van der Waals surface area contributed by atoms with Gasteiger partial charge in [-0.05, 0) is 54.7 Å². The number of phenolic OH excluding ortho intramolecular Hbond substituents is 1. The van der Waals surface area contributed by atoms with Crippen molar-refractivity contribution in [2.75, 3.05) is 5.32 Å². The van der Waals surface area contributed by atoms with Crippen LogP contribution in [0.1, 0.15) is 42.9 Å². The second-order valence-corrected chi connectivity index (χ2v) is 8.74. The molecule has 1 aliphatic rings. The average molecular weight is 497 g/mol. The van der Waals surface area contributed by atoms with Crippen LogP contribution in [0.15, 0.2) is 51.7 Å². The second kappa shape index (κ2) is 7.56. The summed E-state index contributed by atoms with van der Waals surface area (Å²) in [5.74, 6) is -0.786. The molecule has 1 aromatic heterocycles. The van der Waals surface area contributed by atoms with Crippen LogP contribution in [-0.4, -0.2) is 27.0 Å². The van der Waals surface area contributed by atoms with Crippen LogP contribution < -0.4 is 10.9 Å². The molecule has 0 unspecified atom stereocenters. The van der Waals surface area contributed by atoms with Crippen LogP contribution in [0, 0.1) is 0 Å². The first kappa shape index (κ1) is 21.7. The smallest absolute Gasteiger partial charge is 0.419 e. The lowest BCUT2D eigenvalue weighted by Crippen LogP contribution is -2.55. The number of fused-ring (bicyclic) bond motifs is 2. The number of H-pyrrole nitrogens is 1. The van der Waals surface area contributed by atoms with Gasteiger partial charge in [0, 0.05) is 27.2 Å². The highest BCUT2D eigenvalue weighted by molar-refractivity contribution is 9.10. The van der Waals surface area contributed by atoms with Gasteiger partial charge < -0.3 is 20.5 Å². The van der Waals surface area contributed by atoms with Crippen LogP contribution >= 0.6 is 15.9 Å². The van der Waals surface area contributed by atoms with Gasteiger partial charge in [0.25, 0.3) is 0 Å². The van der Waals surface area contributed by atoms with E-state index < -0.39 is 30.2 Å². The normalized spacial score (nSPS) is 23.5. The summed E-state index contributed by atoms with van der Waals surface area (Å²) < 4.78 is 43.1. The minimum atomic E-state index is -4.92. The third-order valence-electron chi connectivity index (χ3n) is 5.96. The van der Waals surface area contributed by atoms with E-state index in [2.05, 4.69) is 26.2 Å². The number of nitrogens with one attached hydrogen (secondary N) is 2. The number of hydrogen-bond acceptors (Lipinski definition) is 4. The maximum Gasteiger partial charge on any atom is 0.419 e. The molecule has 4 N–H and O–H groups in total. The number of aromatic hydroxyl groups is 1. The van der Waals surface area contributed by atoms with Crippen LogP contribution in [0.5, 0.6) is 5.75 Å². The largest absolute Gasteiger partial charge is 0.508 e. The lowest BCUT2D eigenvalue weighted by molar-refractivity contribution is -0.272. The fourth-order valence-corrected chi connectivity index (χ4v) is 4.92. The van der Waals surface area contributed by atoms with Gasteiger partial charge in [-0.25, -0.2) is 0 Å². The van der Waals surface area contributed by atoms with Crippen molar-refractivity contribution in [2.45, 2.75) is 43.5 Å². The molecule has 0 saturated heterocycles. The Balaban J connectivity index is 1.95. The van der Waals surface area contributed by atoms with Crippen LogP contribution in [0.2, 0.25) is 0 Å². The summed E-state index contributed by atoms with van der Waals surface area (Å²) in [7, 11) is 0. The highest BCUT2D eigenvalue weighted by Gasteiger charge is 2.62. The van der Waals surface area contributed by atoms with Crippen molar-refractivity contribution in [1.29, 1.82) is 0 Å². The third kappa shape index (κ3) is 3.59. The van der Waals surface area contributed by atoms with Crippen molar-refractivity contribution < 1.29 is 23.4 Å². The number of phenols is 1. The fraction of sp³-hybridized carbons (Fsp3) is 0.318. The first-order chi connectivity index (χ1) is 14.5. The van der Waals surface area contributed by atoms with E-state index in [1.54, 1.807) is 25.1 Å². The van der Waals surface area contributed by atoms with E-state index in [0.717, 1.165) is 0 Å². The molecule has 1 aliphatic carbocycles. The highest BCUT2D eigenvalue weighted by Crippen LogP contribution is 2.55. The number of rotatable bonds is 3. The molecule has 164 valence electrons. The predicted octanol–water partition coefficient (Wildman–Crippen LogP) is 5.34. The number of aromatic nitrogens is 1. The summed E-state index contributed by atoms with van der Waals surface area (Å²) in [5.41, 5.74) is -2.07. The molecule has 1 heterocycles. The second-order valence-electron chi connectivity index (χ2n) is 7.83. The Morgan fingerprint density at radius 2 is 2.00 bits per heavy atom. The number of alkyl halides is 3. The third-order valence-corrected chi connectivity index (χ3v) is 6.42. The molecule has 0 radical (unpaired) electrons. The zero-order valence-electron chi connectivity index (χ0n) is 16.4. The first-order valence-corrected chi connectivity index (χ1v) is 10.5. The molecule has 0 spiro atoms. The van der Waals surface area contributed by atoms with E-state index in [0.29, 0.717) is 33.0 Å². The molecule has 0 fully saturated rings. The van der Waals surface area contributed by atoms with Crippen LogP contribution in [-0.2, 0) is 0 Å². The molecule has 2 aromatic carbocycles. The van der Waals surface area contributed by atoms with Gasteiger partial charge in [-0.2, -0.15) is 13.2 Å². The summed E-state index contributed by atoms with van der Waals surface area (Å²) in [6.07, 6.45) is -5.19. The van der Waals surface area contributed by atoms with E-state index in [-0.39, 0.29) is 16.9 Å². The fourth-order valence-electron chi connectivity index (χ4n) is 4.45. The Bertz CT molecular complexity index is 1210. The number of anilines is 1. The molecule has 0 aliphatic heterocycles. The monoisotopic (exact) mass is 496 g/mol. The molecule has 4 rings (SSSR count). The Labute approximate surface area is 184 Å². The number of halogens is 4. The number of pyridine rings is 1. The van der Waals surface area contributed by atoms with Gasteiger partial charge in [-0.15, -0.1) is 0 Å². The van der Waals surface area contributed by atoms with Gasteiger partial charge in [0.05, 0.1) is 11.6 Å². The van der Waals surface area contributed by atoms with Crippen molar-refractivity contribution in [3.05, 3.63) is 68.4 Å². The summed E-state index contributed by atoms with van der Waals surface area (Å²) >= 11 is 3.24.